The first-order chi connectivity index (χ1) is 10.1. The van der Waals surface area contributed by atoms with Gasteiger partial charge in [0.25, 0.3) is 5.91 Å². The molecule has 0 saturated carbocycles. The van der Waals surface area contributed by atoms with Crippen molar-refractivity contribution in [3.63, 3.8) is 0 Å². The van der Waals surface area contributed by atoms with Crippen LogP contribution >= 0.6 is 0 Å². The Morgan fingerprint density at radius 1 is 1.48 bits per heavy atom. The number of carbonyl (C=O) groups excluding carboxylic acids is 1. The summed E-state index contributed by atoms with van der Waals surface area (Å²) in [7, 11) is 0. The molecule has 1 saturated heterocycles. The van der Waals surface area contributed by atoms with Crippen LogP contribution in [0.15, 0.2) is 23.1 Å². The van der Waals surface area contributed by atoms with E-state index in [0.29, 0.717) is 17.5 Å². The van der Waals surface area contributed by atoms with Gasteiger partial charge in [0.15, 0.2) is 11.6 Å². The van der Waals surface area contributed by atoms with Crippen LogP contribution in [0.2, 0.25) is 0 Å². The van der Waals surface area contributed by atoms with Gasteiger partial charge < -0.3 is 13.9 Å². The van der Waals surface area contributed by atoms with Crippen LogP contribution in [0.1, 0.15) is 35.0 Å². The molecule has 1 unspecified atom stereocenters. The van der Waals surface area contributed by atoms with Gasteiger partial charge in [0.05, 0.1) is 0 Å². The molecule has 0 bridgehead atoms. The lowest BCUT2D eigenvalue weighted by atomic mass is 9.97. The molecule has 112 valence electrons. The van der Waals surface area contributed by atoms with Gasteiger partial charge in [-0.05, 0) is 25.7 Å². The standard InChI is InChI=1S/C15H20N4O2/c1-11-16-5-7-18(11)8-13-4-3-6-19(9-13)15(20)14-10-21-12(2)17-14/h5,7,10,13H,3-4,6,8-9H2,1-2H3. The second kappa shape index (κ2) is 5.71. The third kappa shape index (κ3) is 2.99. The number of amides is 1. The van der Waals surface area contributed by atoms with Gasteiger partial charge in [0, 0.05) is 39.0 Å². The summed E-state index contributed by atoms with van der Waals surface area (Å²) in [5, 5.41) is 0. The molecule has 0 N–H and O–H groups in total. The first kappa shape index (κ1) is 13.9. The van der Waals surface area contributed by atoms with Crippen LogP contribution in [0.25, 0.3) is 0 Å². The molecule has 6 nitrogen and oxygen atoms in total. The molecule has 6 heteroatoms. The fraction of sp³-hybridized carbons (Fsp3) is 0.533. The average molecular weight is 288 g/mol. The molecule has 1 aliphatic heterocycles. The van der Waals surface area contributed by atoms with E-state index in [-0.39, 0.29) is 5.91 Å². The van der Waals surface area contributed by atoms with Crippen LogP contribution in [0.4, 0.5) is 0 Å². The molecular weight excluding hydrogens is 268 g/mol. The Labute approximate surface area is 123 Å². The van der Waals surface area contributed by atoms with Crippen molar-refractivity contribution in [2.45, 2.75) is 33.2 Å². The summed E-state index contributed by atoms with van der Waals surface area (Å²) in [4.78, 5) is 22.7. The summed E-state index contributed by atoms with van der Waals surface area (Å²) < 4.78 is 7.28. The number of piperidine rings is 1. The number of aryl methyl sites for hydroxylation is 2. The molecule has 3 heterocycles. The number of aromatic nitrogens is 3. The number of likely N-dealkylation sites (tertiary alicyclic amines) is 1. The van der Waals surface area contributed by atoms with Gasteiger partial charge in [-0.25, -0.2) is 9.97 Å². The van der Waals surface area contributed by atoms with Crippen molar-refractivity contribution >= 4 is 5.91 Å². The van der Waals surface area contributed by atoms with Gasteiger partial charge in [-0.15, -0.1) is 0 Å². The number of hydrogen-bond donors (Lipinski definition) is 0. The highest BCUT2D eigenvalue weighted by Crippen LogP contribution is 2.20. The topological polar surface area (TPSA) is 64.2 Å². The molecular formula is C15H20N4O2. The van der Waals surface area contributed by atoms with E-state index in [1.807, 2.05) is 24.2 Å². The summed E-state index contributed by atoms with van der Waals surface area (Å²) in [6, 6.07) is 0. The van der Waals surface area contributed by atoms with Gasteiger partial charge in [-0.2, -0.15) is 0 Å². The molecule has 1 amide bonds. The van der Waals surface area contributed by atoms with Crippen LogP contribution in [0, 0.1) is 19.8 Å². The Bertz CT molecular complexity index is 631. The number of nitrogens with zero attached hydrogens (tertiary/aromatic N) is 4. The first-order valence-electron chi connectivity index (χ1n) is 7.32. The minimum Gasteiger partial charge on any atom is -0.448 e. The fourth-order valence-electron chi connectivity index (χ4n) is 2.90. The monoisotopic (exact) mass is 288 g/mol. The average Bonchev–Trinajstić information content (AvgIpc) is 3.08. The van der Waals surface area contributed by atoms with E-state index in [4.69, 9.17) is 4.42 Å². The van der Waals surface area contributed by atoms with Crippen molar-refractivity contribution < 1.29 is 9.21 Å². The zero-order chi connectivity index (χ0) is 14.8. The molecule has 2 aromatic heterocycles. The van der Waals surface area contributed by atoms with Crippen LogP contribution in [-0.4, -0.2) is 38.4 Å². The molecule has 1 aliphatic rings. The smallest absolute Gasteiger partial charge is 0.275 e. The predicted molar refractivity (Wildman–Crippen MR) is 76.8 cm³/mol. The second-order valence-corrected chi connectivity index (χ2v) is 5.64. The molecule has 2 aromatic rings. The van der Waals surface area contributed by atoms with Crippen molar-refractivity contribution in [2.24, 2.45) is 5.92 Å². The maximum atomic E-state index is 12.4. The number of hydrogen-bond acceptors (Lipinski definition) is 4. The van der Waals surface area contributed by atoms with E-state index in [1.165, 1.54) is 6.26 Å². The van der Waals surface area contributed by atoms with E-state index in [1.54, 1.807) is 6.92 Å². The molecule has 3 rings (SSSR count). The minimum atomic E-state index is -0.0288. The third-order valence-corrected chi connectivity index (χ3v) is 4.02. The quantitative estimate of drug-likeness (QED) is 0.867. The van der Waals surface area contributed by atoms with Crippen molar-refractivity contribution in [3.8, 4) is 0 Å². The van der Waals surface area contributed by atoms with Crippen LogP contribution in [0.5, 0.6) is 0 Å². The van der Waals surface area contributed by atoms with Gasteiger partial charge in [-0.3, -0.25) is 4.79 Å². The maximum Gasteiger partial charge on any atom is 0.275 e. The van der Waals surface area contributed by atoms with Crippen molar-refractivity contribution in [3.05, 3.63) is 36.1 Å². The Morgan fingerprint density at radius 2 is 2.33 bits per heavy atom. The van der Waals surface area contributed by atoms with Crippen molar-refractivity contribution in [1.82, 2.24) is 19.4 Å². The molecule has 1 atom stereocenters. The number of rotatable bonds is 3. The van der Waals surface area contributed by atoms with E-state index < -0.39 is 0 Å². The summed E-state index contributed by atoms with van der Waals surface area (Å²) in [5.74, 6) is 1.98. The van der Waals surface area contributed by atoms with Gasteiger partial charge in [-0.1, -0.05) is 0 Å². The molecule has 0 spiro atoms. The Balaban J connectivity index is 1.65. The lowest BCUT2D eigenvalue weighted by Crippen LogP contribution is -2.41. The normalized spacial score (nSPS) is 19.0. The first-order valence-corrected chi connectivity index (χ1v) is 7.32. The van der Waals surface area contributed by atoms with Gasteiger partial charge >= 0.3 is 0 Å². The largest absolute Gasteiger partial charge is 0.448 e. The van der Waals surface area contributed by atoms with E-state index in [2.05, 4.69) is 14.5 Å². The van der Waals surface area contributed by atoms with Crippen molar-refractivity contribution in [1.29, 1.82) is 0 Å². The Kier molecular flexibility index (Phi) is 3.77. The Morgan fingerprint density at radius 3 is 3.00 bits per heavy atom. The van der Waals surface area contributed by atoms with Crippen molar-refractivity contribution in [2.75, 3.05) is 13.1 Å². The van der Waals surface area contributed by atoms with E-state index >= 15 is 0 Å². The molecule has 0 aromatic carbocycles. The summed E-state index contributed by atoms with van der Waals surface area (Å²) >= 11 is 0. The fourth-order valence-corrected chi connectivity index (χ4v) is 2.90. The second-order valence-electron chi connectivity index (χ2n) is 5.64. The summed E-state index contributed by atoms with van der Waals surface area (Å²) in [6.07, 6.45) is 7.43. The predicted octanol–water partition coefficient (Wildman–Crippen LogP) is 2.04. The zero-order valence-electron chi connectivity index (χ0n) is 12.5. The Hall–Kier alpha value is -2.11. The minimum absolute atomic E-state index is 0.0288. The SMILES string of the molecule is Cc1nc(C(=O)N2CCCC(Cn3ccnc3C)C2)co1. The molecule has 0 radical (unpaired) electrons. The molecule has 0 aliphatic carbocycles. The number of carbonyl (C=O) groups is 1. The number of oxazole rings is 1. The molecule has 1 fully saturated rings. The van der Waals surface area contributed by atoms with Gasteiger partial charge in [0.2, 0.25) is 0 Å². The molecule has 21 heavy (non-hydrogen) atoms. The third-order valence-electron chi connectivity index (χ3n) is 4.02. The van der Waals surface area contributed by atoms with E-state index in [0.717, 1.165) is 38.3 Å². The summed E-state index contributed by atoms with van der Waals surface area (Å²) in [5.41, 5.74) is 0.409. The highest BCUT2D eigenvalue weighted by Gasteiger charge is 2.26. The van der Waals surface area contributed by atoms with E-state index in [9.17, 15) is 4.79 Å². The van der Waals surface area contributed by atoms with Gasteiger partial charge in [0.1, 0.15) is 12.1 Å². The van der Waals surface area contributed by atoms with Crippen LogP contribution in [0.3, 0.4) is 0 Å². The maximum absolute atomic E-state index is 12.4. The summed E-state index contributed by atoms with van der Waals surface area (Å²) in [6.45, 7) is 6.22. The zero-order valence-corrected chi connectivity index (χ0v) is 12.5. The highest BCUT2D eigenvalue weighted by molar-refractivity contribution is 5.92. The van der Waals surface area contributed by atoms with Crippen LogP contribution in [-0.2, 0) is 6.54 Å². The van der Waals surface area contributed by atoms with Crippen LogP contribution < -0.4 is 0 Å². The lowest BCUT2D eigenvalue weighted by Gasteiger charge is -2.32. The number of imidazole rings is 1. The highest BCUT2D eigenvalue weighted by atomic mass is 16.3. The lowest BCUT2D eigenvalue weighted by molar-refractivity contribution is 0.0656.